The number of hydrogen-bond donors (Lipinski definition) is 0. The van der Waals surface area contributed by atoms with Crippen LogP contribution in [0.4, 0.5) is 0 Å². The fourth-order valence-corrected chi connectivity index (χ4v) is 3.94. The molecule has 7 heteroatoms. The van der Waals surface area contributed by atoms with Gasteiger partial charge in [0.2, 0.25) is 5.91 Å². The third-order valence-corrected chi connectivity index (χ3v) is 5.40. The third kappa shape index (κ3) is 5.40. The lowest BCUT2D eigenvalue weighted by Gasteiger charge is -2.35. The minimum Gasteiger partial charge on any atom is -0.491 e. The van der Waals surface area contributed by atoms with E-state index in [1.165, 1.54) is 0 Å². The summed E-state index contributed by atoms with van der Waals surface area (Å²) in [7, 11) is 1.56. The van der Waals surface area contributed by atoms with Crippen molar-refractivity contribution < 1.29 is 19.0 Å². The molecule has 1 amide bonds. The minimum atomic E-state index is 0.0154. The predicted octanol–water partition coefficient (Wildman–Crippen LogP) is 3.08. The summed E-state index contributed by atoms with van der Waals surface area (Å²) >= 11 is 6.27. The smallest absolute Gasteiger partial charge is 0.246 e. The van der Waals surface area contributed by atoms with Crippen LogP contribution in [0.1, 0.15) is 25.3 Å². The van der Waals surface area contributed by atoms with Crippen LogP contribution in [0.25, 0.3) is 6.08 Å². The zero-order chi connectivity index (χ0) is 19.9. The summed E-state index contributed by atoms with van der Waals surface area (Å²) in [5.41, 5.74) is 0.805. The molecular formula is C21H29ClN2O4. The van der Waals surface area contributed by atoms with Crippen LogP contribution in [0.5, 0.6) is 11.5 Å². The van der Waals surface area contributed by atoms with Crippen molar-refractivity contribution in [2.45, 2.75) is 25.9 Å². The first-order valence-corrected chi connectivity index (χ1v) is 10.3. The van der Waals surface area contributed by atoms with E-state index in [9.17, 15) is 4.79 Å². The van der Waals surface area contributed by atoms with Gasteiger partial charge in [0.25, 0.3) is 0 Å². The van der Waals surface area contributed by atoms with Gasteiger partial charge in [-0.25, -0.2) is 0 Å². The summed E-state index contributed by atoms with van der Waals surface area (Å²) in [5.74, 6) is 1.10. The van der Waals surface area contributed by atoms with E-state index in [4.69, 9.17) is 25.8 Å². The van der Waals surface area contributed by atoms with Crippen molar-refractivity contribution in [1.82, 2.24) is 9.80 Å². The normalized spacial score (nSPS) is 20.7. The number of amides is 1. The first kappa shape index (κ1) is 21.0. The highest BCUT2D eigenvalue weighted by Gasteiger charge is 2.24. The second-order valence-corrected chi connectivity index (χ2v) is 7.47. The number of halogens is 1. The summed E-state index contributed by atoms with van der Waals surface area (Å²) in [6, 6.07) is 3.60. The Morgan fingerprint density at radius 1 is 1.32 bits per heavy atom. The number of benzene rings is 1. The molecule has 1 aromatic rings. The molecule has 0 spiro atoms. The standard InChI is InChI=1S/C21H29ClN2O4/c1-3-27-19-14-16(13-18(22)21(19)26-2)6-7-20(25)24-10-8-23(9-11-24)15-17-5-4-12-28-17/h6-7,13-14,17H,3-5,8-12,15H2,1-2H3/b7-6+. The zero-order valence-electron chi connectivity index (χ0n) is 16.7. The van der Waals surface area contributed by atoms with E-state index in [2.05, 4.69) is 4.90 Å². The minimum absolute atomic E-state index is 0.0154. The topological polar surface area (TPSA) is 51.2 Å². The van der Waals surface area contributed by atoms with Gasteiger partial charge in [-0.2, -0.15) is 0 Å². The summed E-state index contributed by atoms with van der Waals surface area (Å²) in [5, 5.41) is 0.461. The summed E-state index contributed by atoms with van der Waals surface area (Å²) in [6.07, 6.45) is 6.05. The number of piperazine rings is 1. The van der Waals surface area contributed by atoms with E-state index in [1.54, 1.807) is 25.3 Å². The van der Waals surface area contributed by atoms with Crippen molar-refractivity contribution in [2.24, 2.45) is 0 Å². The molecule has 0 saturated carbocycles. The Balaban J connectivity index is 1.55. The molecule has 1 atom stereocenters. The molecule has 154 valence electrons. The van der Waals surface area contributed by atoms with Crippen molar-refractivity contribution >= 4 is 23.6 Å². The highest BCUT2D eigenvalue weighted by molar-refractivity contribution is 6.32. The van der Waals surface area contributed by atoms with Gasteiger partial charge in [-0.05, 0) is 43.5 Å². The zero-order valence-corrected chi connectivity index (χ0v) is 17.4. The largest absolute Gasteiger partial charge is 0.491 e. The van der Waals surface area contributed by atoms with Crippen LogP contribution in [-0.4, -0.2) is 74.9 Å². The fourth-order valence-electron chi connectivity index (χ4n) is 3.65. The molecule has 0 bridgehead atoms. The lowest BCUT2D eigenvalue weighted by molar-refractivity contribution is -0.127. The predicted molar refractivity (Wildman–Crippen MR) is 110 cm³/mol. The number of hydrogen-bond acceptors (Lipinski definition) is 5. The Labute approximate surface area is 172 Å². The van der Waals surface area contributed by atoms with Gasteiger partial charge in [-0.15, -0.1) is 0 Å². The monoisotopic (exact) mass is 408 g/mol. The molecular weight excluding hydrogens is 380 g/mol. The molecule has 2 aliphatic rings. The molecule has 1 unspecified atom stereocenters. The molecule has 6 nitrogen and oxygen atoms in total. The summed E-state index contributed by atoms with van der Waals surface area (Å²) < 4.78 is 16.6. The van der Waals surface area contributed by atoms with E-state index in [0.29, 0.717) is 29.2 Å². The summed E-state index contributed by atoms with van der Waals surface area (Å²) in [6.45, 7) is 7.53. The lowest BCUT2D eigenvalue weighted by Crippen LogP contribution is -2.50. The van der Waals surface area contributed by atoms with Crippen LogP contribution in [0.15, 0.2) is 18.2 Å². The van der Waals surface area contributed by atoms with Gasteiger partial charge >= 0.3 is 0 Å². The number of ether oxygens (including phenoxy) is 3. The van der Waals surface area contributed by atoms with Crippen molar-refractivity contribution in [1.29, 1.82) is 0 Å². The van der Waals surface area contributed by atoms with E-state index >= 15 is 0 Å². The Kier molecular flexibility index (Phi) is 7.59. The SMILES string of the molecule is CCOc1cc(/C=C/C(=O)N2CCN(CC3CCCO3)CC2)cc(Cl)c1OC. The van der Waals surface area contributed by atoms with Crippen LogP contribution in [-0.2, 0) is 9.53 Å². The third-order valence-electron chi connectivity index (χ3n) is 5.12. The number of nitrogens with zero attached hydrogens (tertiary/aromatic N) is 2. The van der Waals surface area contributed by atoms with Crippen LogP contribution in [0.3, 0.4) is 0 Å². The second kappa shape index (κ2) is 10.1. The van der Waals surface area contributed by atoms with Gasteiger partial charge in [0.05, 0.1) is 24.8 Å². The first-order chi connectivity index (χ1) is 13.6. The molecule has 3 rings (SSSR count). The molecule has 2 fully saturated rings. The van der Waals surface area contributed by atoms with Gasteiger partial charge < -0.3 is 19.1 Å². The van der Waals surface area contributed by atoms with E-state index in [-0.39, 0.29) is 5.91 Å². The number of methoxy groups -OCH3 is 1. The molecule has 2 aliphatic heterocycles. The van der Waals surface area contributed by atoms with Crippen molar-refractivity contribution in [2.75, 3.05) is 53.0 Å². The quantitative estimate of drug-likeness (QED) is 0.649. The average molecular weight is 409 g/mol. The molecule has 28 heavy (non-hydrogen) atoms. The van der Waals surface area contributed by atoms with Crippen LogP contribution < -0.4 is 9.47 Å². The highest BCUT2D eigenvalue weighted by Crippen LogP contribution is 2.36. The molecule has 2 heterocycles. The number of rotatable bonds is 7. The van der Waals surface area contributed by atoms with Gasteiger partial charge in [-0.1, -0.05) is 11.6 Å². The molecule has 0 aliphatic carbocycles. The Hall–Kier alpha value is -1.76. The van der Waals surface area contributed by atoms with Gasteiger partial charge in [-0.3, -0.25) is 9.69 Å². The maximum atomic E-state index is 12.5. The molecule has 0 radical (unpaired) electrons. The molecule has 2 saturated heterocycles. The number of carbonyl (C=O) groups is 1. The molecule has 0 N–H and O–H groups in total. The first-order valence-electron chi connectivity index (χ1n) is 9.92. The van der Waals surface area contributed by atoms with Crippen molar-refractivity contribution in [3.63, 3.8) is 0 Å². The number of carbonyl (C=O) groups excluding carboxylic acids is 1. The molecule has 1 aromatic carbocycles. The van der Waals surface area contributed by atoms with Gasteiger partial charge in [0, 0.05) is 45.4 Å². The van der Waals surface area contributed by atoms with Gasteiger partial charge in [0.1, 0.15) is 0 Å². The van der Waals surface area contributed by atoms with Crippen molar-refractivity contribution in [3.05, 3.63) is 28.8 Å². The maximum absolute atomic E-state index is 12.5. The van der Waals surface area contributed by atoms with Crippen LogP contribution in [0, 0.1) is 0 Å². The maximum Gasteiger partial charge on any atom is 0.246 e. The fraction of sp³-hybridized carbons (Fsp3) is 0.571. The Morgan fingerprint density at radius 3 is 2.75 bits per heavy atom. The molecule has 0 aromatic heterocycles. The van der Waals surface area contributed by atoms with Gasteiger partial charge in [0.15, 0.2) is 11.5 Å². The average Bonchev–Trinajstić information content (AvgIpc) is 3.20. The van der Waals surface area contributed by atoms with Crippen LogP contribution >= 0.6 is 11.6 Å². The van der Waals surface area contributed by atoms with Crippen molar-refractivity contribution in [3.8, 4) is 11.5 Å². The Bertz CT molecular complexity index is 696. The van der Waals surface area contributed by atoms with E-state index < -0.39 is 0 Å². The van der Waals surface area contributed by atoms with Crippen LogP contribution in [0.2, 0.25) is 5.02 Å². The highest BCUT2D eigenvalue weighted by atomic mass is 35.5. The lowest BCUT2D eigenvalue weighted by atomic mass is 10.1. The van der Waals surface area contributed by atoms with E-state index in [1.807, 2.05) is 17.9 Å². The Morgan fingerprint density at radius 2 is 2.11 bits per heavy atom. The second-order valence-electron chi connectivity index (χ2n) is 7.06. The van der Waals surface area contributed by atoms with E-state index in [0.717, 1.165) is 57.7 Å². The summed E-state index contributed by atoms with van der Waals surface area (Å²) in [4.78, 5) is 16.8.